The van der Waals surface area contributed by atoms with Crippen molar-refractivity contribution in [1.29, 1.82) is 0 Å². The molecule has 0 spiro atoms. The standard InChI is InChI=1S/C19H22FN/c1-13(21-2)16-11-10-15(20)12-19(16)18-9-4-3-8-17(18)14-6-5-7-14/h3-4,8-14,21H,5-7H2,1-2H3. The molecular weight excluding hydrogens is 261 g/mol. The maximum atomic E-state index is 13.8. The minimum absolute atomic E-state index is 0.166. The first-order chi connectivity index (χ1) is 10.2. The Labute approximate surface area is 126 Å². The summed E-state index contributed by atoms with van der Waals surface area (Å²) in [5.41, 5.74) is 4.75. The Morgan fingerprint density at radius 1 is 1.10 bits per heavy atom. The van der Waals surface area contributed by atoms with Crippen LogP contribution in [0.1, 0.15) is 49.3 Å². The zero-order valence-corrected chi connectivity index (χ0v) is 12.7. The molecule has 0 aromatic heterocycles. The van der Waals surface area contributed by atoms with Crippen LogP contribution in [0, 0.1) is 5.82 Å². The predicted molar refractivity (Wildman–Crippen MR) is 85.9 cm³/mol. The minimum atomic E-state index is -0.166. The van der Waals surface area contributed by atoms with Crippen molar-refractivity contribution in [2.24, 2.45) is 0 Å². The van der Waals surface area contributed by atoms with Gasteiger partial charge in [0.25, 0.3) is 0 Å². The first kappa shape index (κ1) is 14.3. The molecule has 0 amide bonds. The quantitative estimate of drug-likeness (QED) is 0.828. The van der Waals surface area contributed by atoms with E-state index >= 15 is 0 Å². The van der Waals surface area contributed by atoms with Crippen molar-refractivity contribution in [3.05, 3.63) is 59.4 Å². The van der Waals surface area contributed by atoms with Crippen LogP contribution in [0.5, 0.6) is 0 Å². The van der Waals surface area contributed by atoms with Crippen LogP contribution in [0.15, 0.2) is 42.5 Å². The molecule has 1 saturated carbocycles. The number of hydrogen-bond acceptors (Lipinski definition) is 1. The summed E-state index contributed by atoms with van der Waals surface area (Å²) >= 11 is 0. The highest BCUT2D eigenvalue weighted by molar-refractivity contribution is 5.72. The molecule has 1 aliphatic rings. The Morgan fingerprint density at radius 3 is 2.52 bits per heavy atom. The van der Waals surface area contributed by atoms with Crippen molar-refractivity contribution in [3.8, 4) is 11.1 Å². The normalized spacial score (nSPS) is 16.5. The van der Waals surface area contributed by atoms with Gasteiger partial charge in [0.15, 0.2) is 0 Å². The SMILES string of the molecule is CNC(C)c1ccc(F)cc1-c1ccccc1C1CCC1. The highest BCUT2D eigenvalue weighted by Crippen LogP contribution is 2.42. The van der Waals surface area contributed by atoms with Crippen LogP contribution in [0.4, 0.5) is 4.39 Å². The fraction of sp³-hybridized carbons (Fsp3) is 0.368. The van der Waals surface area contributed by atoms with E-state index in [4.69, 9.17) is 0 Å². The number of halogens is 1. The Balaban J connectivity index is 2.13. The molecule has 0 bridgehead atoms. The van der Waals surface area contributed by atoms with E-state index < -0.39 is 0 Å². The Morgan fingerprint density at radius 2 is 1.86 bits per heavy atom. The Kier molecular flexibility index (Phi) is 4.07. The van der Waals surface area contributed by atoms with Crippen LogP contribution >= 0.6 is 0 Å². The Bertz CT molecular complexity index is 631. The molecule has 21 heavy (non-hydrogen) atoms. The van der Waals surface area contributed by atoms with Gasteiger partial charge in [-0.3, -0.25) is 0 Å². The third kappa shape index (κ3) is 2.73. The molecule has 0 aliphatic heterocycles. The lowest BCUT2D eigenvalue weighted by molar-refractivity contribution is 0.420. The van der Waals surface area contributed by atoms with Gasteiger partial charge in [-0.05, 0) is 67.1 Å². The monoisotopic (exact) mass is 283 g/mol. The molecule has 0 saturated heterocycles. The largest absolute Gasteiger partial charge is 0.313 e. The lowest BCUT2D eigenvalue weighted by Crippen LogP contribution is -2.15. The maximum Gasteiger partial charge on any atom is 0.123 e. The third-order valence-corrected chi connectivity index (χ3v) is 4.71. The molecule has 1 nitrogen and oxygen atoms in total. The van der Waals surface area contributed by atoms with Crippen LogP contribution < -0.4 is 5.32 Å². The molecule has 2 aromatic carbocycles. The van der Waals surface area contributed by atoms with Gasteiger partial charge >= 0.3 is 0 Å². The first-order valence-electron chi connectivity index (χ1n) is 7.76. The van der Waals surface area contributed by atoms with Gasteiger partial charge in [-0.2, -0.15) is 0 Å². The molecule has 2 heteroatoms. The van der Waals surface area contributed by atoms with Gasteiger partial charge in [-0.15, -0.1) is 0 Å². The van der Waals surface area contributed by atoms with Crippen LogP contribution in [0.25, 0.3) is 11.1 Å². The first-order valence-corrected chi connectivity index (χ1v) is 7.76. The third-order valence-electron chi connectivity index (χ3n) is 4.71. The van der Waals surface area contributed by atoms with Crippen molar-refractivity contribution in [2.45, 2.75) is 38.1 Å². The van der Waals surface area contributed by atoms with Crippen molar-refractivity contribution in [2.75, 3.05) is 7.05 Å². The average Bonchev–Trinajstić information content (AvgIpc) is 2.45. The number of nitrogens with one attached hydrogen (secondary N) is 1. The second-order valence-electron chi connectivity index (χ2n) is 5.96. The Hall–Kier alpha value is -1.67. The van der Waals surface area contributed by atoms with E-state index in [-0.39, 0.29) is 11.9 Å². The van der Waals surface area contributed by atoms with Crippen molar-refractivity contribution >= 4 is 0 Å². The molecule has 1 fully saturated rings. The second-order valence-corrected chi connectivity index (χ2v) is 5.96. The zero-order valence-electron chi connectivity index (χ0n) is 12.7. The van der Waals surface area contributed by atoms with E-state index in [1.807, 2.05) is 13.1 Å². The summed E-state index contributed by atoms with van der Waals surface area (Å²) in [5.74, 6) is 0.475. The van der Waals surface area contributed by atoms with Crippen LogP contribution in [0.3, 0.4) is 0 Å². The fourth-order valence-electron chi connectivity index (χ4n) is 3.11. The molecule has 1 aliphatic carbocycles. The van der Waals surface area contributed by atoms with Crippen LogP contribution in [-0.4, -0.2) is 7.05 Å². The molecule has 3 rings (SSSR count). The number of benzene rings is 2. The lowest BCUT2D eigenvalue weighted by Gasteiger charge is -2.29. The second kappa shape index (κ2) is 5.98. The topological polar surface area (TPSA) is 12.0 Å². The molecule has 1 unspecified atom stereocenters. The molecule has 1 N–H and O–H groups in total. The molecule has 1 atom stereocenters. The number of rotatable bonds is 4. The molecule has 2 aromatic rings. The fourth-order valence-corrected chi connectivity index (χ4v) is 3.11. The van der Waals surface area contributed by atoms with E-state index in [1.54, 1.807) is 12.1 Å². The molecule has 110 valence electrons. The van der Waals surface area contributed by atoms with Crippen molar-refractivity contribution in [3.63, 3.8) is 0 Å². The van der Waals surface area contributed by atoms with E-state index in [2.05, 4.69) is 36.5 Å². The predicted octanol–water partition coefficient (Wildman–Crippen LogP) is 5.04. The van der Waals surface area contributed by atoms with Crippen molar-refractivity contribution < 1.29 is 4.39 Å². The van der Waals surface area contributed by atoms with Gasteiger partial charge in [0.05, 0.1) is 0 Å². The average molecular weight is 283 g/mol. The smallest absolute Gasteiger partial charge is 0.123 e. The summed E-state index contributed by atoms with van der Waals surface area (Å²) in [7, 11) is 1.94. The number of hydrogen-bond donors (Lipinski definition) is 1. The summed E-state index contributed by atoms with van der Waals surface area (Å²) < 4.78 is 13.8. The summed E-state index contributed by atoms with van der Waals surface area (Å²) in [4.78, 5) is 0. The summed E-state index contributed by atoms with van der Waals surface area (Å²) in [6.07, 6.45) is 3.81. The minimum Gasteiger partial charge on any atom is -0.313 e. The highest BCUT2D eigenvalue weighted by Gasteiger charge is 2.23. The van der Waals surface area contributed by atoms with E-state index in [1.165, 1.54) is 30.4 Å². The molecule has 0 radical (unpaired) electrons. The van der Waals surface area contributed by atoms with Gasteiger partial charge in [-0.1, -0.05) is 36.8 Å². The van der Waals surface area contributed by atoms with Gasteiger partial charge < -0.3 is 5.32 Å². The summed E-state index contributed by atoms with van der Waals surface area (Å²) in [6, 6.07) is 13.8. The molecular formula is C19H22FN. The van der Waals surface area contributed by atoms with Gasteiger partial charge in [0.1, 0.15) is 5.82 Å². The van der Waals surface area contributed by atoms with Crippen LogP contribution in [-0.2, 0) is 0 Å². The highest BCUT2D eigenvalue weighted by atomic mass is 19.1. The lowest BCUT2D eigenvalue weighted by atomic mass is 9.76. The molecule has 0 heterocycles. The van der Waals surface area contributed by atoms with Gasteiger partial charge in [0, 0.05) is 6.04 Å². The summed E-state index contributed by atoms with van der Waals surface area (Å²) in [6.45, 7) is 2.11. The maximum absolute atomic E-state index is 13.8. The van der Waals surface area contributed by atoms with E-state index in [0.717, 1.165) is 11.1 Å². The van der Waals surface area contributed by atoms with E-state index in [9.17, 15) is 4.39 Å². The van der Waals surface area contributed by atoms with Gasteiger partial charge in [0.2, 0.25) is 0 Å². The van der Waals surface area contributed by atoms with Gasteiger partial charge in [-0.25, -0.2) is 4.39 Å². The van der Waals surface area contributed by atoms with E-state index in [0.29, 0.717) is 5.92 Å². The van der Waals surface area contributed by atoms with Crippen molar-refractivity contribution in [1.82, 2.24) is 5.32 Å². The van der Waals surface area contributed by atoms with Crippen LogP contribution in [0.2, 0.25) is 0 Å². The summed E-state index contributed by atoms with van der Waals surface area (Å²) in [5, 5.41) is 3.27. The zero-order chi connectivity index (χ0) is 14.8.